The summed E-state index contributed by atoms with van der Waals surface area (Å²) >= 11 is 0. The lowest BCUT2D eigenvalue weighted by Gasteiger charge is -2.26. The molecule has 2 aliphatic rings. The Bertz CT molecular complexity index is 1380. The van der Waals surface area contributed by atoms with Gasteiger partial charge in [-0.1, -0.05) is 18.9 Å². The first-order valence-electron chi connectivity index (χ1n) is 13.5. The normalized spacial score (nSPS) is 16.9. The predicted molar refractivity (Wildman–Crippen MR) is 148 cm³/mol. The highest BCUT2D eigenvalue weighted by molar-refractivity contribution is 6.07. The third-order valence-corrected chi connectivity index (χ3v) is 7.89. The molecule has 1 aliphatic heterocycles. The van der Waals surface area contributed by atoms with Crippen LogP contribution in [0.4, 0.5) is 0 Å². The Morgan fingerprint density at radius 3 is 2.70 bits per heavy atom. The van der Waals surface area contributed by atoms with E-state index in [0.29, 0.717) is 17.2 Å². The Morgan fingerprint density at radius 2 is 2.00 bits per heavy atom. The Labute approximate surface area is 218 Å². The number of rotatable bonds is 8. The molecule has 0 radical (unpaired) electrons. The van der Waals surface area contributed by atoms with Crippen LogP contribution >= 0.6 is 0 Å². The van der Waals surface area contributed by atoms with Crippen molar-refractivity contribution in [3.05, 3.63) is 68.8 Å². The second-order valence-corrected chi connectivity index (χ2v) is 10.5. The van der Waals surface area contributed by atoms with E-state index in [1.807, 2.05) is 39.2 Å². The van der Waals surface area contributed by atoms with Crippen LogP contribution in [0.1, 0.15) is 70.9 Å². The van der Waals surface area contributed by atoms with Crippen LogP contribution in [0.3, 0.4) is 0 Å². The zero-order chi connectivity index (χ0) is 25.9. The molecule has 0 atom stereocenters. The molecule has 0 bridgehead atoms. The van der Waals surface area contributed by atoms with Gasteiger partial charge in [0.1, 0.15) is 0 Å². The fourth-order valence-electron chi connectivity index (χ4n) is 5.77. The van der Waals surface area contributed by atoms with Crippen molar-refractivity contribution in [2.24, 2.45) is 0 Å². The third-order valence-electron chi connectivity index (χ3n) is 7.89. The van der Waals surface area contributed by atoms with E-state index in [4.69, 9.17) is 5.10 Å². The summed E-state index contributed by atoms with van der Waals surface area (Å²) in [5, 5.41) is 11.9. The number of carbonyl (C=O) groups excluding carboxylic acids is 1. The van der Waals surface area contributed by atoms with Crippen LogP contribution < -0.4 is 16.2 Å². The summed E-state index contributed by atoms with van der Waals surface area (Å²) in [5.41, 5.74) is 6.15. The number of aromatic nitrogens is 3. The number of H-pyrrole nitrogens is 1. The van der Waals surface area contributed by atoms with Gasteiger partial charge in [-0.05, 0) is 75.1 Å². The van der Waals surface area contributed by atoms with Crippen molar-refractivity contribution in [2.45, 2.75) is 58.5 Å². The number of amides is 1. The number of hydrogen-bond acceptors (Lipinski definition) is 5. The maximum absolute atomic E-state index is 13.6. The minimum absolute atomic E-state index is 0.152. The van der Waals surface area contributed by atoms with Crippen molar-refractivity contribution in [3.8, 4) is 0 Å². The lowest BCUT2D eigenvalue weighted by Crippen LogP contribution is -2.34. The number of aromatic amines is 1. The first-order valence-corrected chi connectivity index (χ1v) is 13.5. The number of hydrogen-bond donors (Lipinski definition) is 3. The summed E-state index contributed by atoms with van der Waals surface area (Å²) in [6.07, 6.45) is 9.78. The molecule has 0 saturated heterocycles. The zero-order valence-electron chi connectivity index (χ0n) is 22.2. The maximum Gasteiger partial charge on any atom is 0.253 e. The molecule has 37 heavy (non-hydrogen) atoms. The number of benzene rings is 1. The molecule has 3 N–H and O–H groups in total. The molecule has 1 aromatic carbocycles. The summed E-state index contributed by atoms with van der Waals surface area (Å²) in [5.74, 6) is -0.177. The highest BCUT2D eigenvalue weighted by Crippen LogP contribution is 2.34. The van der Waals surface area contributed by atoms with Gasteiger partial charge in [-0.25, -0.2) is 0 Å². The van der Waals surface area contributed by atoms with Gasteiger partial charge in [0, 0.05) is 49.4 Å². The topological polar surface area (TPSA) is 95.1 Å². The van der Waals surface area contributed by atoms with E-state index in [1.54, 1.807) is 0 Å². The Balaban J connectivity index is 1.47. The quantitative estimate of drug-likeness (QED) is 0.437. The molecular weight excluding hydrogens is 464 g/mol. The molecule has 196 valence electrons. The standard InChI is InChI=1S/C29H38N6O2/c1-19-14-20(2)33-29(37)25(19)17-31-28(36)24-15-22(21-8-11-34(12-9-21)13-10-30-3)16-27-26(24)18-32-35(27)23-6-4-5-7-23/h8,14-16,18,23,30H,4-7,9-13,17H2,1-3H3,(H,31,36)(H,33,37). The number of nitrogens with zero attached hydrogens (tertiary/aromatic N) is 3. The van der Waals surface area contributed by atoms with E-state index in [2.05, 4.69) is 37.3 Å². The monoisotopic (exact) mass is 502 g/mol. The molecule has 3 aromatic rings. The second kappa shape index (κ2) is 11.0. The van der Waals surface area contributed by atoms with Crippen LogP contribution in [-0.2, 0) is 6.54 Å². The SMILES string of the molecule is CNCCN1CC=C(c2cc(C(=O)NCc3c(C)cc(C)[nH]c3=O)c3cnn(C4CCCC4)c3c2)CC1. The van der Waals surface area contributed by atoms with E-state index >= 15 is 0 Å². The van der Waals surface area contributed by atoms with Crippen molar-refractivity contribution in [3.63, 3.8) is 0 Å². The van der Waals surface area contributed by atoms with Crippen molar-refractivity contribution in [1.29, 1.82) is 0 Å². The first-order chi connectivity index (χ1) is 17.9. The Kier molecular flexibility index (Phi) is 7.58. The second-order valence-electron chi connectivity index (χ2n) is 10.5. The Hall–Kier alpha value is -3.23. The molecule has 2 aromatic heterocycles. The van der Waals surface area contributed by atoms with Crippen LogP contribution in [0.5, 0.6) is 0 Å². The zero-order valence-corrected chi connectivity index (χ0v) is 22.2. The summed E-state index contributed by atoms with van der Waals surface area (Å²) in [6, 6.07) is 6.55. The van der Waals surface area contributed by atoms with E-state index in [1.165, 1.54) is 18.4 Å². The van der Waals surface area contributed by atoms with Crippen LogP contribution in [0.2, 0.25) is 0 Å². The number of aryl methyl sites for hydroxylation is 2. The molecule has 1 saturated carbocycles. The molecule has 1 fully saturated rings. The highest BCUT2D eigenvalue weighted by atomic mass is 16.1. The largest absolute Gasteiger partial charge is 0.348 e. The minimum Gasteiger partial charge on any atom is -0.348 e. The Morgan fingerprint density at radius 1 is 1.19 bits per heavy atom. The summed E-state index contributed by atoms with van der Waals surface area (Å²) < 4.78 is 2.14. The predicted octanol–water partition coefficient (Wildman–Crippen LogP) is 3.70. The fourth-order valence-corrected chi connectivity index (χ4v) is 5.77. The van der Waals surface area contributed by atoms with Crippen LogP contribution in [0.15, 0.2) is 35.3 Å². The molecule has 3 heterocycles. The van der Waals surface area contributed by atoms with Gasteiger partial charge in [-0.15, -0.1) is 0 Å². The summed E-state index contributed by atoms with van der Waals surface area (Å²) in [6.45, 7) is 7.87. The molecule has 8 nitrogen and oxygen atoms in total. The van der Waals surface area contributed by atoms with E-state index in [0.717, 1.165) is 73.2 Å². The maximum atomic E-state index is 13.6. The smallest absolute Gasteiger partial charge is 0.253 e. The van der Waals surface area contributed by atoms with Crippen LogP contribution in [-0.4, -0.2) is 58.8 Å². The average molecular weight is 503 g/mol. The van der Waals surface area contributed by atoms with Crippen molar-refractivity contribution < 1.29 is 4.79 Å². The van der Waals surface area contributed by atoms with E-state index in [-0.39, 0.29) is 18.0 Å². The van der Waals surface area contributed by atoms with Gasteiger partial charge in [0.15, 0.2) is 0 Å². The average Bonchev–Trinajstić information content (AvgIpc) is 3.56. The number of carbonyl (C=O) groups is 1. The van der Waals surface area contributed by atoms with Crippen LogP contribution in [0, 0.1) is 13.8 Å². The number of nitrogens with one attached hydrogen (secondary N) is 3. The molecule has 0 spiro atoms. The lowest BCUT2D eigenvalue weighted by atomic mass is 9.95. The molecule has 5 rings (SSSR count). The van der Waals surface area contributed by atoms with Gasteiger partial charge in [0.25, 0.3) is 11.5 Å². The van der Waals surface area contributed by atoms with Gasteiger partial charge < -0.3 is 15.6 Å². The van der Waals surface area contributed by atoms with Gasteiger partial charge in [0.05, 0.1) is 23.3 Å². The molecular formula is C29H38N6O2. The van der Waals surface area contributed by atoms with Gasteiger partial charge in [-0.2, -0.15) is 5.10 Å². The molecule has 8 heteroatoms. The molecule has 0 unspecified atom stereocenters. The molecule has 1 aliphatic carbocycles. The lowest BCUT2D eigenvalue weighted by molar-refractivity contribution is 0.0952. The van der Waals surface area contributed by atoms with Crippen LogP contribution in [0.25, 0.3) is 16.5 Å². The molecule has 1 amide bonds. The third kappa shape index (κ3) is 5.40. The number of pyridine rings is 1. The number of likely N-dealkylation sites (N-methyl/N-ethyl adjacent to an activating group) is 1. The van der Waals surface area contributed by atoms with Crippen molar-refractivity contribution in [2.75, 3.05) is 33.2 Å². The minimum atomic E-state index is -0.177. The van der Waals surface area contributed by atoms with Crippen molar-refractivity contribution >= 4 is 22.4 Å². The van der Waals surface area contributed by atoms with Gasteiger partial charge in [-0.3, -0.25) is 19.2 Å². The van der Waals surface area contributed by atoms with Gasteiger partial charge >= 0.3 is 0 Å². The van der Waals surface area contributed by atoms with E-state index in [9.17, 15) is 9.59 Å². The first kappa shape index (κ1) is 25.4. The highest BCUT2D eigenvalue weighted by Gasteiger charge is 2.24. The fraction of sp³-hybridized carbons (Fsp3) is 0.483. The number of fused-ring (bicyclic) bond motifs is 1. The van der Waals surface area contributed by atoms with Gasteiger partial charge in [0.2, 0.25) is 0 Å². The van der Waals surface area contributed by atoms with Crippen molar-refractivity contribution in [1.82, 2.24) is 30.3 Å². The summed E-state index contributed by atoms with van der Waals surface area (Å²) in [7, 11) is 1.98. The van der Waals surface area contributed by atoms with E-state index < -0.39 is 0 Å². The summed E-state index contributed by atoms with van der Waals surface area (Å²) in [4.78, 5) is 31.3.